The van der Waals surface area contributed by atoms with Crippen molar-refractivity contribution in [3.05, 3.63) is 45.5 Å². The zero-order valence-electron chi connectivity index (χ0n) is 11.0. The second-order valence-corrected chi connectivity index (χ2v) is 5.20. The van der Waals surface area contributed by atoms with Gasteiger partial charge in [0.25, 0.3) is 5.91 Å². The number of amides is 1. The first-order valence-corrected chi connectivity index (χ1v) is 7.04. The number of hydrazone groups is 1. The van der Waals surface area contributed by atoms with Crippen molar-refractivity contribution in [2.24, 2.45) is 5.10 Å². The fraction of sp³-hybridized carbons (Fsp3) is 0.286. The van der Waals surface area contributed by atoms with Gasteiger partial charge in [-0.2, -0.15) is 5.10 Å². The van der Waals surface area contributed by atoms with Gasteiger partial charge in [-0.3, -0.25) is 4.79 Å². The second kappa shape index (κ2) is 6.33. The quantitative estimate of drug-likeness (QED) is 0.672. The van der Waals surface area contributed by atoms with E-state index in [9.17, 15) is 4.79 Å². The van der Waals surface area contributed by atoms with E-state index in [4.69, 9.17) is 4.42 Å². The fourth-order valence-corrected chi connectivity index (χ4v) is 2.59. The zero-order valence-corrected chi connectivity index (χ0v) is 11.8. The van der Waals surface area contributed by atoms with Crippen LogP contribution >= 0.6 is 11.3 Å². The minimum absolute atomic E-state index is 0.196. The Kier molecular flexibility index (Phi) is 4.52. The summed E-state index contributed by atoms with van der Waals surface area (Å²) < 4.78 is 5.31. The van der Waals surface area contributed by atoms with E-state index in [1.807, 2.05) is 24.4 Å². The smallest absolute Gasteiger partial charge is 0.272 e. The van der Waals surface area contributed by atoms with Crippen LogP contribution in [0.3, 0.4) is 0 Å². The van der Waals surface area contributed by atoms with Crippen molar-refractivity contribution in [2.45, 2.75) is 26.7 Å². The van der Waals surface area contributed by atoms with E-state index in [0.29, 0.717) is 11.3 Å². The number of thiophene rings is 1. The van der Waals surface area contributed by atoms with Crippen molar-refractivity contribution in [2.75, 3.05) is 0 Å². The van der Waals surface area contributed by atoms with Crippen molar-refractivity contribution in [3.63, 3.8) is 0 Å². The Labute approximate surface area is 116 Å². The molecule has 5 heteroatoms. The highest BCUT2D eigenvalue weighted by molar-refractivity contribution is 7.10. The normalized spacial score (nSPS) is 11.1. The molecule has 4 nitrogen and oxygen atoms in total. The summed E-state index contributed by atoms with van der Waals surface area (Å²) in [6.07, 6.45) is 3.58. The standard InChI is InChI=1S/C14H16N2O2S/c1-3-4-13-7-11(9-19-13)14(17)16-15-8-12-6-5-10(2)18-12/h5-9H,3-4H2,1-2H3,(H,16,17)/b15-8-. The lowest BCUT2D eigenvalue weighted by atomic mass is 10.2. The molecule has 2 heterocycles. The van der Waals surface area contributed by atoms with Gasteiger partial charge in [0.05, 0.1) is 11.8 Å². The van der Waals surface area contributed by atoms with Gasteiger partial charge in [-0.05, 0) is 31.5 Å². The maximum absolute atomic E-state index is 11.8. The lowest BCUT2D eigenvalue weighted by Gasteiger charge is -1.95. The van der Waals surface area contributed by atoms with Crippen molar-refractivity contribution in [1.29, 1.82) is 0 Å². The molecule has 0 aliphatic carbocycles. The number of hydrogen-bond acceptors (Lipinski definition) is 4. The number of furan rings is 1. The molecule has 0 spiro atoms. The predicted octanol–water partition coefficient (Wildman–Crippen LogP) is 3.37. The molecule has 0 radical (unpaired) electrons. The minimum Gasteiger partial charge on any atom is -0.460 e. The molecule has 19 heavy (non-hydrogen) atoms. The highest BCUT2D eigenvalue weighted by Gasteiger charge is 2.07. The number of hydrogen-bond donors (Lipinski definition) is 1. The molecular formula is C14H16N2O2S. The maximum Gasteiger partial charge on any atom is 0.272 e. The van der Waals surface area contributed by atoms with Crippen LogP contribution in [0.15, 0.2) is 33.1 Å². The average Bonchev–Trinajstić information content (AvgIpc) is 2.99. The van der Waals surface area contributed by atoms with E-state index >= 15 is 0 Å². The highest BCUT2D eigenvalue weighted by Crippen LogP contribution is 2.16. The molecule has 1 N–H and O–H groups in total. The molecule has 1 amide bonds. The van der Waals surface area contributed by atoms with Crippen LogP contribution < -0.4 is 5.43 Å². The van der Waals surface area contributed by atoms with Gasteiger partial charge in [0.15, 0.2) is 0 Å². The van der Waals surface area contributed by atoms with Crippen LogP contribution in [0.25, 0.3) is 0 Å². The van der Waals surface area contributed by atoms with Gasteiger partial charge in [0.1, 0.15) is 11.5 Å². The molecule has 0 aromatic carbocycles. The second-order valence-electron chi connectivity index (χ2n) is 4.20. The number of carbonyl (C=O) groups excluding carboxylic acids is 1. The molecule has 0 aliphatic heterocycles. The summed E-state index contributed by atoms with van der Waals surface area (Å²) >= 11 is 1.60. The summed E-state index contributed by atoms with van der Waals surface area (Å²) in [4.78, 5) is 13.0. The van der Waals surface area contributed by atoms with Gasteiger partial charge in [-0.25, -0.2) is 5.43 Å². The molecular weight excluding hydrogens is 260 g/mol. The summed E-state index contributed by atoms with van der Waals surface area (Å²) in [6.45, 7) is 3.98. The summed E-state index contributed by atoms with van der Waals surface area (Å²) in [6, 6.07) is 5.56. The van der Waals surface area contributed by atoms with Crippen LogP contribution in [0.1, 0.15) is 40.1 Å². The largest absolute Gasteiger partial charge is 0.460 e. The van der Waals surface area contributed by atoms with Crippen molar-refractivity contribution in [1.82, 2.24) is 5.43 Å². The van der Waals surface area contributed by atoms with Gasteiger partial charge < -0.3 is 4.42 Å². The number of nitrogens with zero attached hydrogens (tertiary/aromatic N) is 1. The maximum atomic E-state index is 11.8. The summed E-state index contributed by atoms with van der Waals surface area (Å²) in [5.74, 6) is 1.24. The predicted molar refractivity (Wildman–Crippen MR) is 76.8 cm³/mol. The summed E-state index contributed by atoms with van der Waals surface area (Å²) in [5, 5.41) is 5.73. The van der Waals surface area contributed by atoms with Crippen LogP contribution in [-0.2, 0) is 6.42 Å². The first-order chi connectivity index (χ1) is 9.19. The van der Waals surface area contributed by atoms with Crippen LogP contribution in [-0.4, -0.2) is 12.1 Å². The molecule has 2 rings (SSSR count). The zero-order chi connectivity index (χ0) is 13.7. The fourth-order valence-electron chi connectivity index (χ4n) is 1.62. The molecule has 0 unspecified atom stereocenters. The van der Waals surface area contributed by atoms with E-state index in [-0.39, 0.29) is 5.91 Å². The molecule has 0 bridgehead atoms. The Balaban J connectivity index is 1.91. The number of aryl methyl sites for hydroxylation is 2. The molecule has 0 fully saturated rings. The van der Waals surface area contributed by atoms with Gasteiger partial charge in [0.2, 0.25) is 0 Å². The molecule has 0 atom stereocenters. The molecule has 2 aromatic heterocycles. The third-order valence-corrected chi connectivity index (χ3v) is 3.53. The summed E-state index contributed by atoms with van der Waals surface area (Å²) in [5.41, 5.74) is 3.14. The van der Waals surface area contributed by atoms with Crippen molar-refractivity contribution >= 4 is 23.5 Å². The van der Waals surface area contributed by atoms with Crippen molar-refractivity contribution < 1.29 is 9.21 Å². The Hall–Kier alpha value is -1.88. The van der Waals surface area contributed by atoms with Crippen LogP contribution in [0.5, 0.6) is 0 Å². The van der Waals surface area contributed by atoms with Gasteiger partial charge in [0, 0.05) is 10.3 Å². The SMILES string of the molecule is CCCc1cc(C(=O)N/N=C\c2ccc(C)o2)cs1. The third-order valence-electron chi connectivity index (χ3n) is 2.53. The van der Waals surface area contributed by atoms with E-state index in [1.54, 1.807) is 17.4 Å². The topological polar surface area (TPSA) is 54.6 Å². The lowest BCUT2D eigenvalue weighted by molar-refractivity contribution is 0.0955. The van der Waals surface area contributed by atoms with Crippen LogP contribution in [0, 0.1) is 6.92 Å². The third kappa shape index (κ3) is 3.79. The summed E-state index contributed by atoms with van der Waals surface area (Å²) in [7, 11) is 0. The number of carbonyl (C=O) groups is 1. The lowest BCUT2D eigenvalue weighted by Crippen LogP contribution is -2.16. The molecule has 100 valence electrons. The highest BCUT2D eigenvalue weighted by atomic mass is 32.1. The first-order valence-electron chi connectivity index (χ1n) is 6.16. The number of nitrogens with one attached hydrogen (secondary N) is 1. The number of rotatable bonds is 5. The Bertz CT molecular complexity index is 584. The van der Waals surface area contributed by atoms with Gasteiger partial charge >= 0.3 is 0 Å². The Morgan fingerprint density at radius 1 is 1.53 bits per heavy atom. The molecule has 0 aliphatic rings. The first kappa shape index (κ1) is 13.5. The van der Waals surface area contributed by atoms with E-state index < -0.39 is 0 Å². The van der Waals surface area contributed by atoms with Crippen LogP contribution in [0.2, 0.25) is 0 Å². The van der Waals surface area contributed by atoms with Crippen LogP contribution in [0.4, 0.5) is 0 Å². The van der Waals surface area contributed by atoms with Gasteiger partial charge in [-0.1, -0.05) is 13.3 Å². The average molecular weight is 276 g/mol. The van der Waals surface area contributed by atoms with Gasteiger partial charge in [-0.15, -0.1) is 11.3 Å². The Morgan fingerprint density at radius 2 is 2.37 bits per heavy atom. The van der Waals surface area contributed by atoms with E-state index in [1.165, 1.54) is 11.1 Å². The Morgan fingerprint density at radius 3 is 3.05 bits per heavy atom. The minimum atomic E-state index is -0.196. The molecule has 2 aromatic rings. The molecule has 0 saturated heterocycles. The molecule has 0 saturated carbocycles. The van der Waals surface area contributed by atoms with E-state index in [2.05, 4.69) is 17.5 Å². The van der Waals surface area contributed by atoms with Crippen molar-refractivity contribution in [3.8, 4) is 0 Å². The monoisotopic (exact) mass is 276 g/mol. The van der Waals surface area contributed by atoms with E-state index in [0.717, 1.165) is 18.6 Å².